The van der Waals surface area contributed by atoms with Crippen LogP contribution in [-0.2, 0) is 15.6 Å². The number of hydrogen-bond donors (Lipinski definition) is 1. The maximum absolute atomic E-state index is 13.1. The van der Waals surface area contributed by atoms with Crippen molar-refractivity contribution in [3.63, 3.8) is 0 Å². The standard InChI is InChI=1S/C13H10BrF2NO2S/c14-12-6-11(17)1-2-13(12)20(18,19)7-8-3-9(15)5-10(16)4-8/h1-6H,7,17H2. The number of sulfone groups is 1. The minimum absolute atomic E-state index is 0.0244. The van der Waals surface area contributed by atoms with Gasteiger partial charge in [0, 0.05) is 16.2 Å². The zero-order valence-electron chi connectivity index (χ0n) is 10.1. The average molecular weight is 362 g/mol. The van der Waals surface area contributed by atoms with Gasteiger partial charge < -0.3 is 5.73 Å². The Hall–Kier alpha value is -1.47. The summed E-state index contributed by atoms with van der Waals surface area (Å²) >= 11 is 3.12. The molecule has 0 bridgehead atoms. The van der Waals surface area contributed by atoms with Gasteiger partial charge in [0.1, 0.15) is 11.6 Å². The average Bonchev–Trinajstić information content (AvgIpc) is 2.25. The van der Waals surface area contributed by atoms with Gasteiger partial charge in [-0.3, -0.25) is 0 Å². The van der Waals surface area contributed by atoms with Gasteiger partial charge in [-0.05, 0) is 51.8 Å². The van der Waals surface area contributed by atoms with Crippen LogP contribution in [0.2, 0.25) is 0 Å². The SMILES string of the molecule is Nc1ccc(S(=O)(=O)Cc2cc(F)cc(F)c2)c(Br)c1. The summed E-state index contributed by atoms with van der Waals surface area (Å²) in [6.45, 7) is 0. The lowest BCUT2D eigenvalue weighted by atomic mass is 10.2. The lowest BCUT2D eigenvalue weighted by Gasteiger charge is -2.08. The number of nitrogens with two attached hydrogens (primary N) is 1. The summed E-state index contributed by atoms with van der Waals surface area (Å²) < 4.78 is 50.9. The number of rotatable bonds is 3. The van der Waals surface area contributed by atoms with Crippen LogP contribution in [0.1, 0.15) is 5.56 Å². The molecule has 0 heterocycles. The number of benzene rings is 2. The molecular weight excluding hydrogens is 352 g/mol. The van der Waals surface area contributed by atoms with Crippen LogP contribution >= 0.6 is 15.9 Å². The summed E-state index contributed by atoms with van der Waals surface area (Å²) in [5.74, 6) is -2.12. The van der Waals surface area contributed by atoms with Gasteiger partial charge in [-0.15, -0.1) is 0 Å². The van der Waals surface area contributed by atoms with Gasteiger partial charge in [0.15, 0.2) is 9.84 Å². The molecule has 20 heavy (non-hydrogen) atoms. The third-order valence-electron chi connectivity index (χ3n) is 2.57. The van der Waals surface area contributed by atoms with Crippen molar-refractivity contribution >= 4 is 31.5 Å². The predicted molar refractivity (Wildman–Crippen MR) is 75.8 cm³/mol. The molecule has 7 heteroatoms. The molecule has 2 aromatic carbocycles. The van der Waals surface area contributed by atoms with Gasteiger partial charge in [0.2, 0.25) is 0 Å². The van der Waals surface area contributed by atoms with Crippen LogP contribution in [0.3, 0.4) is 0 Å². The molecule has 0 aromatic heterocycles. The second kappa shape index (κ2) is 5.49. The van der Waals surface area contributed by atoms with Crippen LogP contribution in [0.15, 0.2) is 45.8 Å². The van der Waals surface area contributed by atoms with Crippen LogP contribution in [0, 0.1) is 11.6 Å². The first kappa shape index (κ1) is 14.9. The van der Waals surface area contributed by atoms with E-state index in [-0.39, 0.29) is 10.5 Å². The van der Waals surface area contributed by atoms with E-state index in [0.717, 1.165) is 12.1 Å². The first-order chi connectivity index (χ1) is 9.28. The Labute approximate surface area is 123 Å². The summed E-state index contributed by atoms with van der Waals surface area (Å²) in [5, 5.41) is 0. The minimum Gasteiger partial charge on any atom is -0.399 e. The molecule has 2 N–H and O–H groups in total. The van der Waals surface area contributed by atoms with E-state index in [2.05, 4.69) is 15.9 Å². The van der Waals surface area contributed by atoms with Gasteiger partial charge in [-0.2, -0.15) is 0 Å². The Morgan fingerprint density at radius 2 is 1.65 bits per heavy atom. The fraction of sp³-hybridized carbons (Fsp3) is 0.0769. The maximum Gasteiger partial charge on any atom is 0.183 e. The topological polar surface area (TPSA) is 60.2 Å². The smallest absolute Gasteiger partial charge is 0.183 e. The van der Waals surface area contributed by atoms with Gasteiger partial charge >= 0.3 is 0 Å². The molecule has 0 spiro atoms. The third kappa shape index (κ3) is 3.34. The van der Waals surface area contributed by atoms with E-state index >= 15 is 0 Å². The maximum atomic E-state index is 13.1. The lowest BCUT2D eigenvalue weighted by molar-refractivity contribution is 0.579. The number of hydrogen-bond acceptors (Lipinski definition) is 3. The quantitative estimate of drug-likeness (QED) is 0.853. The van der Waals surface area contributed by atoms with E-state index in [1.165, 1.54) is 18.2 Å². The van der Waals surface area contributed by atoms with Gasteiger partial charge in [-0.1, -0.05) is 0 Å². The number of anilines is 1. The van der Waals surface area contributed by atoms with Gasteiger partial charge in [0.05, 0.1) is 10.6 Å². The summed E-state index contributed by atoms with van der Waals surface area (Å²) in [6, 6.07) is 6.93. The molecular formula is C13H10BrF2NO2S. The van der Waals surface area contributed by atoms with Crippen LogP contribution < -0.4 is 5.73 Å². The molecule has 0 aliphatic carbocycles. The molecule has 0 atom stereocenters. The Kier molecular flexibility index (Phi) is 4.10. The van der Waals surface area contributed by atoms with Crippen LogP contribution in [-0.4, -0.2) is 8.42 Å². The van der Waals surface area contributed by atoms with Crippen molar-refractivity contribution in [3.05, 3.63) is 58.1 Å². The summed E-state index contributed by atoms with van der Waals surface area (Å²) in [6.07, 6.45) is 0. The van der Waals surface area contributed by atoms with Gasteiger partial charge in [0.25, 0.3) is 0 Å². The Morgan fingerprint density at radius 1 is 1.05 bits per heavy atom. The molecule has 0 saturated heterocycles. The highest BCUT2D eigenvalue weighted by Crippen LogP contribution is 2.27. The zero-order valence-corrected chi connectivity index (χ0v) is 12.5. The van der Waals surface area contributed by atoms with E-state index < -0.39 is 27.2 Å². The Balaban J connectivity index is 2.40. The molecule has 0 fully saturated rings. The van der Waals surface area contributed by atoms with E-state index in [0.29, 0.717) is 16.2 Å². The summed E-state index contributed by atoms with van der Waals surface area (Å²) in [7, 11) is -3.73. The van der Waals surface area contributed by atoms with E-state index in [4.69, 9.17) is 5.73 Å². The van der Waals surface area contributed by atoms with Crippen molar-refractivity contribution in [1.82, 2.24) is 0 Å². The molecule has 0 aliphatic rings. The fourth-order valence-electron chi connectivity index (χ4n) is 1.76. The molecule has 2 rings (SSSR count). The monoisotopic (exact) mass is 361 g/mol. The van der Waals surface area contributed by atoms with Crippen LogP contribution in [0.4, 0.5) is 14.5 Å². The lowest BCUT2D eigenvalue weighted by Crippen LogP contribution is -2.07. The largest absolute Gasteiger partial charge is 0.399 e. The highest BCUT2D eigenvalue weighted by atomic mass is 79.9. The summed E-state index contributed by atoms with van der Waals surface area (Å²) in [4.78, 5) is 0.0244. The van der Waals surface area contributed by atoms with Crippen LogP contribution in [0.25, 0.3) is 0 Å². The first-order valence-corrected chi connectivity index (χ1v) is 7.95. The van der Waals surface area contributed by atoms with E-state index in [1.807, 2.05) is 0 Å². The van der Waals surface area contributed by atoms with Crippen molar-refractivity contribution < 1.29 is 17.2 Å². The second-order valence-corrected chi connectivity index (χ2v) is 7.04. The Morgan fingerprint density at radius 3 is 2.20 bits per heavy atom. The fourth-order valence-corrected chi connectivity index (χ4v) is 4.29. The Bertz CT molecular complexity index is 743. The van der Waals surface area contributed by atoms with Crippen molar-refractivity contribution in [2.45, 2.75) is 10.6 Å². The third-order valence-corrected chi connectivity index (χ3v) is 5.23. The number of halogens is 3. The molecule has 2 aromatic rings. The first-order valence-electron chi connectivity index (χ1n) is 5.51. The molecule has 0 unspecified atom stereocenters. The van der Waals surface area contributed by atoms with Crippen molar-refractivity contribution in [2.75, 3.05) is 5.73 Å². The van der Waals surface area contributed by atoms with E-state index in [1.54, 1.807) is 0 Å². The van der Waals surface area contributed by atoms with Gasteiger partial charge in [-0.25, -0.2) is 17.2 Å². The molecule has 0 amide bonds. The highest BCUT2D eigenvalue weighted by molar-refractivity contribution is 9.10. The number of nitrogen functional groups attached to an aromatic ring is 1. The summed E-state index contributed by atoms with van der Waals surface area (Å²) in [5.41, 5.74) is 6.00. The predicted octanol–water partition coefficient (Wildman–Crippen LogP) is 3.28. The molecule has 106 valence electrons. The van der Waals surface area contributed by atoms with Crippen molar-refractivity contribution in [1.29, 1.82) is 0 Å². The van der Waals surface area contributed by atoms with Crippen LogP contribution in [0.5, 0.6) is 0 Å². The molecule has 0 radical (unpaired) electrons. The second-order valence-electron chi connectivity index (χ2n) is 4.23. The van der Waals surface area contributed by atoms with E-state index in [9.17, 15) is 17.2 Å². The zero-order chi connectivity index (χ0) is 14.9. The molecule has 0 aliphatic heterocycles. The normalized spacial score (nSPS) is 11.6. The van der Waals surface area contributed by atoms with Crippen molar-refractivity contribution in [2.24, 2.45) is 0 Å². The van der Waals surface area contributed by atoms with Crippen molar-refractivity contribution in [3.8, 4) is 0 Å². The minimum atomic E-state index is -3.73. The molecule has 0 saturated carbocycles. The highest BCUT2D eigenvalue weighted by Gasteiger charge is 2.19. The molecule has 3 nitrogen and oxygen atoms in total.